The number of ether oxygens (including phenoxy) is 1. The summed E-state index contributed by atoms with van der Waals surface area (Å²) in [7, 11) is 1.90. The van der Waals surface area contributed by atoms with Crippen molar-refractivity contribution in [1.29, 1.82) is 0 Å². The van der Waals surface area contributed by atoms with Crippen LogP contribution in [0.25, 0.3) is 0 Å². The lowest BCUT2D eigenvalue weighted by Crippen LogP contribution is -2.46. The van der Waals surface area contributed by atoms with Crippen LogP contribution in [0.3, 0.4) is 0 Å². The maximum atomic E-state index is 9.53. The molecule has 0 amide bonds. The van der Waals surface area contributed by atoms with Crippen molar-refractivity contribution in [3.63, 3.8) is 0 Å². The zero-order valence-corrected chi connectivity index (χ0v) is 7.29. The van der Waals surface area contributed by atoms with E-state index in [1.807, 2.05) is 7.05 Å². The van der Waals surface area contributed by atoms with Gasteiger partial charge in [-0.3, -0.25) is 0 Å². The van der Waals surface area contributed by atoms with E-state index in [2.05, 4.69) is 17.5 Å². The van der Waals surface area contributed by atoms with Gasteiger partial charge in [0.25, 0.3) is 0 Å². The van der Waals surface area contributed by atoms with Crippen LogP contribution in [0, 0.1) is 0 Å². The van der Waals surface area contributed by atoms with E-state index in [0.717, 1.165) is 19.4 Å². The van der Waals surface area contributed by atoms with Gasteiger partial charge in [-0.25, -0.2) is 0 Å². The molecule has 0 spiro atoms. The van der Waals surface area contributed by atoms with E-state index < -0.39 is 0 Å². The van der Waals surface area contributed by atoms with Gasteiger partial charge in [-0.05, 0) is 7.05 Å². The van der Waals surface area contributed by atoms with Crippen molar-refractivity contribution in [2.24, 2.45) is 0 Å². The van der Waals surface area contributed by atoms with E-state index in [1.165, 1.54) is 0 Å². The highest BCUT2D eigenvalue weighted by molar-refractivity contribution is 5.16. The Hall–Kier alpha value is -0.380. The molecule has 2 aliphatic rings. The smallest absolute Gasteiger partial charge is 0.102 e. The Labute approximate surface area is 72.4 Å². The van der Waals surface area contributed by atoms with Gasteiger partial charge in [0, 0.05) is 19.4 Å². The Morgan fingerprint density at radius 1 is 1.75 bits per heavy atom. The quantitative estimate of drug-likeness (QED) is 0.574. The number of rotatable bonds is 2. The van der Waals surface area contributed by atoms with E-state index in [9.17, 15) is 5.11 Å². The average molecular weight is 169 g/mol. The van der Waals surface area contributed by atoms with Gasteiger partial charge in [0.05, 0.1) is 12.2 Å². The average Bonchev–Trinajstić information content (AvgIpc) is 2.27. The van der Waals surface area contributed by atoms with E-state index in [4.69, 9.17) is 4.74 Å². The normalized spacial score (nSPS) is 45.2. The monoisotopic (exact) mass is 169 g/mol. The van der Waals surface area contributed by atoms with Gasteiger partial charge >= 0.3 is 0 Å². The number of fused-ring (bicyclic) bond motifs is 2. The molecule has 0 aliphatic carbocycles. The van der Waals surface area contributed by atoms with Gasteiger partial charge in [0.2, 0.25) is 0 Å². The van der Waals surface area contributed by atoms with Crippen molar-refractivity contribution >= 4 is 0 Å². The number of hydrogen-bond donors (Lipinski definition) is 2. The standard InChI is InChI=1S/C9H15NO2/c1-10-6-9-3-2-8(12-9)4-7(11)5-9/h2-3,7-8,10-11H,4-6H2,1H3/t7-,8-,9-/m1/s1. The van der Waals surface area contributed by atoms with Gasteiger partial charge < -0.3 is 15.2 Å². The topological polar surface area (TPSA) is 41.5 Å². The molecule has 0 unspecified atom stereocenters. The fourth-order valence-electron chi connectivity index (χ4n) is 2.13. The molecule has 2 N–H and O–H groups in total. The zero-order chi connectivity index (χ0) is 8.60. The Balaban J connectivity index is 2.10. The van der Waals surface area contributed by atoms with Crippen molar-refractivity contribution in [2.75, 3.05) is 13.6 Å². The largest absolute Gasteiger partial charge is 0.393 e. The fourth-order valence-corrected chi connectivity index (χ4v) is 2.13. The van der Waals surface area contributed by atoms with Crippen LogP contribution in [0.4, 0.5) is 0 Å². The van der Waals surface area contributed by atoms with Gasteiger partial charge in [0.1, 0.15) is 5.60 Å². The Morgan fingerprint density at radius 3 is 3.33 bits per heavy atom. The van der Waals surface area contributed by atoms with Crippen LogP contribution in [0.5, 0.6) is 0 Å². The van der Waals surface area contributed by atoms with Crippen LogP contribution in [-0.2, 0) is 4.74 Å². The van der Waals surface area contributed by atoms with Crippen LogP contribution in [-0.4, -0.2) is 36.5 Å². The number of hydrogen-bond acceptors (Lipinski definition) is 3. The third kappa shape index (κ3) is 1.28. The second-order valence-electron chi connectivity index (χ2n) is 3.70. The van der Waals surface area contributed by atoms with Gasteiger partial charge in [0.15, 0.2) is 0 Å². The van der Waals surface area contributed by atoms with Crippen molar-refractivity contribution in [2.45, 2.75) is 30.7 Å². The molecule has 0 aromatic carbocycles. The Morgan fingerprint density at radius 2 is 2.58 bits per heavy atom. The third-order valence-electron chi connectivity index (χ3n) is 2.56. The van der Waals surface area contributed by atoms with E-state index >= 15 is 0 Å². The minimum absolute atomic E-state index is 0.141. The molecule has 68 valence electrons. The molecule has 0 saturated carbocycles. The lowest BCUT2D eigenvalue weighted by molar-refractivity contribution is -0.102. The molecule has 2 rings (SSSR count). The highest BCUT2D eigenvalue weighted by Crippen LogP contribution is 2.35. The molecule has 3 heteroatoms. The van der Waals surface area contributed by atoms with E-state index in [-0.39, 0.29) is 17.8 Å². The highest BCUT2D eigenvalue weighted by Gasteiger charge is 2.41. The fraction of sp³-hybridized carbons (Fsp3) is 0.778. The molecule has 3 atom stereocenters. The maximum absolute atomic E-state index is 9.53. The first kappa shape index (κ1) is 8.23. The number of aliphatic hydroxyl groups is 1. The molecular formula is C9H15NO2. The van der Waals surface area contributed by atoms with Crippen LogP contribution < -0.4 is 5.32 Å². The predicted molar refractivity (Wildman–Crippen MR) is 45.9 cm³/mol. The van der Waals surface area contributed by atoms with Crippen molar-refractivity contribution in [1.82, 2.24) is 5.32 Å². The van der Waals surface area contributed by atoms with Crippen molar-refractivity contribution < 1.29 is 9.84 Å². The maximum Gasteiger partial charge on any atom is 0.102 e. The van der Waals surface area contributed by atoms with Gasteiger partial charge in [-0.2, -0.15) is 0 Å². The summed E-state index contributed by atoms with van der Waals surface area (Å²) in [5.41, 5.74) is -0.225. The lowest BCUT2D eigenvalue weighted by atomic mass is 9.94. The minimum Gasteiger partial charge on any atom is -0.393 e. The first-order chi connectivity index (χ1) is 5.74. The van der Waals surface area contributed by atoms with Crippen LogP contribution in [0.2, 0.25) is 0 Å². The van der Waals surface area contributed by atoms with Gasteiger partial charge in [-0.15, -0.1) is 0 Å². The summed E-state index contributed by atoms with van der Waals surface area (Å²) in [5, 5.41) is 12.6. The number of aliphatic hydroxyl groups excluding tert-OH is 1. The zero-order valence-electron chi connectivity index (χ0n) is 7.29. The second-order valence-corrected chi connectivity index (χ2v) is 3.70. The number of likely N-dealkylation sites (N-methyl/N-ethyl adjacent to an activating group) is 1. The van der Waals surface area contributed by atoms with Crippen molar-refractivity contribution in [3.8, 4) is 0 Å². The minimum atomic E-state index is -0.225. The van der Waals surface area contributed by atoms with Crippen LogP contribution >= 0.6 is 0 Å². The van der Waals surface area contributed by atoms with Crippen LogP contribution in [0.15, 0.2) is 12.2 Å². The second kappa shape index (κ2) is 2.83. The SMILES string of the molecule is CNC[C@@]12C=C[C@H](C[C@@H](O)C1)O2. The Kier molecular flexibility index (Phi) is 1.94. The summed E-state index contributed by atoms with van der Waals surface area (Å²) in [5.74, 6) is 0. The molecule has 0 aromatic heterocycles. The summed E-state index contributed by atoms with van der Waals surface area (Å²) >= 11 is 0. The molecule has 2 heterocycles. The molecule has 0 aromatic rings. The highest BCUT2D eigenvalue weighted by atomic mass is 16.5. The van der Waals surface area contributed by atoms with Crippen LogP contribution in [0.1, 0.15) is 12.8 Å². The summed E-state index contributed by atoms with van der Waals surface area (Å²) in [6, 6.07) is 0. The van der Waals surface area contributed by atoms with E-state index in [1.54, 1.807) is 0 Å². The first-order valence-electron chi connectivity index (χ1n) is 4.44. The summed E-state index contributed by atoms with van der Waals surface area (Å²) < 4.78 is 5.76. The molecule has 0 radical (unpaired) electrons. The lowest BCUT2D eigenvalue weighted by Gasteiger charge is -2.35. The summed E-state index contributed by atoms with van der Waals surface area (Å²) in [6.07, 6.45) is 5.56. The van der Waals surface area contributed by atoms with Gasteiger partial charge in [-0.1, -0.05) is 12.2 Å². The molecule has 2 aliphatic heterocycles. The molecule has 3 nitrogen and oxygen atoms in total. The molecule has 2 bridgehead atoms. The van der Waals surface area contributed by atoms with E-state index in [0.29, 0.717) is 0 Å². The summed E-state index contributed by atoms with van der Waals surface area (Å²) in [6.45, 7) is 0.789. The molecule has 1 fully saturated rings. The Bertz CT molecular complexity index is 205. The predicted octanol–water partition coefficient (Wildman–Crippen LogP) is 0.0543. The molecule has 1 saturated heterocycles. The summed E-state index contributed by atoms with van der Waals surface area (Å²) in [4.78, 5) is 0. The first-order valence-corrected chi connectivity index (χ1v) is 4.44. The third-order valence-corrected chi connectivity index (χ3v) is 2.56. The molecular weight excluding hydrogens is 154 g/mol. The molecule has 12 heavy (non-hydrogen) atoms. The number of nitrogens with one attached hydrogen (secondary N) is 1. The van der Waals surface area contributed by atoms with Crippen molar-refractivity contribution in [3.05, 3.63) is 12.2 Å².